The second-order valence-corrected chi connectivity index (χ2v) is 5.85. The number of nitrogens with two attached hydrogens (primary N) is 1. The highest BCUT2D eigenvalue weighted by molar-refractivity contribution is 7.99. The minimum Gasteiger partial charge on any atom is -0.398 e. The molecule has 88 valence electrons. The molecule has 0 aromatic heterocycles. The fourth-order valence-electron chi connectivity index (χ4n) is 1.92. The molecule has 0 atom stereocenters. The molecule has 0 radical (unpaired) electrons. The number of halogens is 1. The summed E-state index contributed by atoms with van der Waals surface area (Å²) in [5.74, 6) is 2.50. The molecule has 2 nitrogen and oxygen atoms in total. The Bertz CT molecular complexity index is 376. The largest absolute Gasteiger partial charge is 0.398 e. The summed E-state index contributed by atoms with van der Waals surface area (Å²) >= 11 is 8.07. The van der Waals surface area contributed by atoms with E-state index in [9.17, 15) is 0 Å². The van der Waals surface area contributed by atoms with E-state index in [1.807, 2.05) is 23.9 Å². The number of thioether (sulfide) groups is 1. The van der Waals surface area contributed by atoms with E-state index >= 15 is 0 Å². The van der Waals surface area contributed by atoms with Gasteiger partial charge in [-0.2, -0.15) is 11.8 Å². The van der Waals surface area contributed by atoms with Crippen LogP contribution in [0.3, 0.4) is 0 Å². The van der Waals surface area contributed by atoms with Crippen molar-refractivity contribution >= 4 is 34.7 Å². The highest BCUT2D eigenvalue weighted by Gasteiger charge is 2.14. The number of hydrogen-bond donors (Lipinski definition) is 2. The Balaban J connectivity index is 2.11. The Morgan fingerprint density at radius 2 is 2.06 bits per heavy atom. The van der Waals surface area contributed by atoms with E-state index in [4.69, 9.17) is 17.3 Å². The smallest absolute Gasteiger partial charge is 0.0656 e. The fraction of sp³-hybridized carbons (Fsp3) is 0.500. The summed E-state index contributed by atoms with van der Waals surface area (Å²) in [4.78, 5) is 0. The maximum absolute atomic E-state index is 6.03. The maximum atomic E-state index is 6.03. The van der Waals surface area contributed by atoms with Crippen molar-refractivity contribution in [2.45, 2.75) is 25.8 Å². The van der Waals surface area contributed by atoms with Gasteiger partial charge in [0.1, 0.15) is 0 Å². The van der Waals surface area contributed by atoms with Gasteiger partial charge in [-0.3, -0.25) is 0 Å². The SMILES string of the molecule is Cc1cc(N)c(Cl)cc1NC1CCSCC1. The topological polar surface area (TPSA) is 38.0 Å². The van der Waals surface area contributed by atoms with Crippen molar-refractivity contribution in [2.75, 3.05) is 22.6 Å². The molecule has 3 N–H and O–H groups in total. The molecule has 16 heavy (non-hydrogen) atoms. The van der Waals surface area contributed by atoms with Crippen molar-refractivity contribution in [1.82, 2.24) is 0 Å². The lowest BCUT2D eigenvalue weighted by Gasteiger charge is -2.24. The summed E-state index contributed by atoms with van der Waals surface area (Å²) in [6.07, 6.45) is 2.46. The molecule has 4 heteroatoms. The van der Waals surface area contributed by atoms with Crippen LogP contribution < -0.4 is 11.1 Å². The molecule has 0 amide bonds. The Morgan fingerprint density at radius 1 is 1.38 bits per heavy atom. The number of nitrogen functional groups attached to an aromatic ring is 1. The molecule has 0 unspecified atom stereocenters. The van der Waals surface area contributed by atoms with Crippen molar-refractivity contribution in [3.05, 3.63) is 22.7 Å². The average molecular weight is 257 g/mol. The maximum Gasteiger partial charge on any atom is 0.0656 e. The van der Waals surface area contributed by atoms with Gasteiger partial charge >= 0.3 is 0 Å². The Morgan fingerprint density at radius 3 is 2.75 bits per heavy atom. The number of anilines is 2. The summed E-state index contributed by atoms with van der Waals surface area (Å²) in [6, 6.07) is 4.45. The number of benzene rings is 1. The fourth-order valence-corrected chi connectivity index (χ4v) is 3.19. The molecule has 0 bridgehead atoms. The molecule has 2 rings (SSSR count). The number of nitrogens with one attached hydrogen (secondary N) is 1. The number of rotatable bonds is 2. The molecule has 1 aliphatic rings. The normalized spacial score (nSPS) is 17.4. The first-order valence-electron chi connectivity index (χ1n) is 5.56. The lowest BCUT2D eigenvalue weighted by Crippen LogP contribution is -2.24. The van der Waals surface area contributed by atoms with E-state index in [0.717, 1.165) is 5.69 Å². The highest BCUT2D eigenvalue weighted by Crippen LogP contribution is 2.29. The van der Waals surface area contributed by atoms with Crippen molar-refractivity contribution in [3.8, 4) is 0 Å². The Kier molecular flexibility index (Phi) is 3.87. The second-order valence-electron chi connectivity index (χ2n) is 4.22. The van der Waals surface area contributed by atoms with Gasteiger partial charge in [-0.15, -0.1) is 0 Å². The molecule has 1 aliphatic heterocycles. The van der Waals surface area contributed by atoms with Gasteiger partial charge < -0.3 is 11.1 Å². The summed E-state index contributed by atoms with van der Waals surface area (Å²) in [5, 5.41) is 4.20. The highest BCUT2D eigenvalue weighted by atomic mass is 35.5. The molecule has 0 aliphatic carbocycles. The van der Waals surface area contributed by atoms with Crippen LogP contribution in [0.4, 0.5) is 11.4 Å². The predicted molar refractivity (Wildman–Crippen MR) is 74.6 cm³/mol. The van der Waals surface area contributed by atoms with Gasteiger partial charge in [0.2, 0.25) is 0 Å². The van der Waals surface area contributed by atoms with E-state index in [1.165, 1.54) is 29.9 Å². The molecule has 1 heterocycles. The average Bonchev–Trinajstić information content (AvgIpc) is 2.27. The van der Waals surface area contributed by atoms with Gasteiger partial charge in [0.25, 0.3) is 0 Å². The minimum absolute atomic E-state index is 0.583. The minimum atomic E-state index is 0.583. The van der Waals surface area contributed by atoms with Gasteiger partial charge in [-0.25, -0.2) is 0 Å². The zero-order valence-corrected chi connectivity index (χ0v) is 11.0. The van der Waals surface area contributed by atoms with Crippen LogP contribution in [0.15, 0.2) is 12.1 Å². The summed E-state index contributed by atoms with van der Waals surface area (Å²) < 4.78 is 0. The molecule has 0 spiro atoms. The lowest BCUT2D eigenvalue weighted by molar-refractivity contribution is 0.666. The van der Waals surface area contributed by atoms with Crippen LogP contribution in [0.25, 0.3) is 0 Å². The van der Waals surface area contributed by atoms with Crippen LogP contribution in [-0.4, -0.2) is 17.5 Å². The Hall–Kier alpha value is -0.540. The number of aryl methyl sites for hydroxylation is 1. The van der Waals surface area contributed by atoms with Gasteiger partial charge in [-0.05, 0) is 49.0 Å². The third-order valence-corrected chi connectivity index (χ3v) is 4.30. The first kappa shape index (κ1) is 11.9. The lowest BCUT2D eigenvalue weighted by atomic mass is 10.1. The molecule has 1 fully saturated rings. The van der Waals surface area contributed by atoms with Crippen LogP contribution in [0.2, 0.25) is 5.02 Å². The van der Waals surface area contributed by atoms with Crippen LogP contribution in [0.1, 0.15) is 18.4 Å². The quantitative estimate of drug-likeness (QED) is 0.795. The first-order chi connectivity index (χ1) is 7.66. The van der Waals surface area contributed by atoms with E-state index in [-0.39, 0.29) is 0 Å². The summed E-state index contributed by atoms with van der Waals surface area (Å²) in [5.41, 5.74) is 8.70. The van der Waals surface area contributed by atoms with Gasteiger partial charge in [-0.1, -0.05) is 11.6 Å². The molecular weight excluding hydrogens is 240 g/mol. The monoisotopic (exact) mass is 256 g/mol. The van der Waals surface area contributed by atoms with E-state index in [0.29, 0.717) is 16.8 Å². The van der Waals surface area contributed by atoms with Gasteiger partial charge in [0.15, 0.2) is 0 Å². The van der Waals surface area contributed by atoms with Crippen molar-refractivity contribution < 1.29 is 0 Å². The summed E-state index contributed by atoms with van der Waals surface area (Å²) in [7, 11) is 0. The van der Waals surface area contributed by atoms with Gasteiger partial charge in [0, 0.05) is 11.7 Å². The molecular formula is C12H17ClN2S. The third-order valence-electron chi connectivity index (χ3n) is 2.92. The van der Waals surface area contributed by atoms with E-state index < -0.39 is 0 Å². The molecule has 1 aromatic rings. The summed E-state index contributed by atoms with van der Waals surface area (Å²) in [6.45, 7) is 2.06. The van der Waals surface area contributed by atoms with Crippen LogP contribution in [0, 0.1) is 6.92 Å². The molecule has 1 aromatic carbocycles. The van der Waals surface area contributed by atoms with Crippen molar-refractivity contribution in [1.29, 1.82) is 0 Å². The van der Waals surface area contributed by atoms with Gasteiger partial charge in [0.05, 0.1) is 10.7 Å². The van der Waals surface area contributed by atoms with E-state index in [2.05, 4.69) is 12.2 Å². The third kappa shape index (κ3) is 2.77. The van der Waals surface area contributed by atoms with Crippen molar-refractivity contribution in [2.24, 2.45) is 0 Å². The molecule has 0 saturated carbocycles. The molecule has 1 saturated heterocycles. The second kappa shape index (κ2) is 5.19. The van der Waals surface area contributed by atoms with Crippen LogP contribution >= 0.6 is 23.4 Å². The first-order valence-corrected chi connectivity index (χ1v) is 7.10. The zero-order chi connectivity index (χ0) is 11.5. The zero-order valence-electron chi connectivity index (χ0n) is 9.42. The van der Waals surface area contributed by atoms with Crippen LogP contribution in [-0.2, 0) is 0 Å². The van der Waals surface area contributed by atoms with E-state index in [1.54, 1.807) is 0 Å². The Labute approximate surface area is 106 Å². The van der Waals surface area contributed by atoms with Crippen LogP contribution in [0.5, 0.6) is 0 Å². The predicted octanol–water partition coefficient (Wildman–Crippen LogP) is 3.54. The number of hydrogen-bond acceptors (Lipinski definition) is 3. The standard InChI is InChI=1S/C12H17ClN2S/c1-8-6-11(14)10(13)7-12(8)15-9-2-4-16-5-3-9/h6-7,9,15H,2-5,14H2,1H3. The van der Waals surface area contributed by atoms with Crippen molar-refractivity contribution in [3.63, 3.8) is 0 Å².